The van der Waals surface area contributed by atoms with Crippen molar-refractivity contribution in [2.75, 3.05) is 24.6 Å². The zero-order chi connectivity index (χ0) is 16.9. The van der Waals surface area contributed by atoms with E-state index < -0.39 is 6.04 Å². The van der Waals surface area contributed by atoms with Gasteiger partial charge in [-0.2, -0.15) is 5.26 Å². The van der Waals surface area contributed by atoms with Gasteiger partial charge in [0.25, 0.3) is 0 Å². The molecule has 0 bridgehead atoms. The van der Waals surface area contributed by atoms with E-state index in [-0.39, 0.29) is 12.5 Å². The van der Waals surface area contributed by atoms with Crippen molar-refractivity contribution in [3.05, 3.63) is 53.3 Å². The Morgan fingerprint density at radius 2 is 2.29 bits per heavy atom. The summed E-state index contributed by atoms with van der Waals surface area (Å²) >= 11 is 5.89. The fourth-order valence-electron chi connectivity index (χ4n) is 2.55. The lowest BCUT2D eigenvalue weighted by Crippen LogP contribution is -2.42. The fourth-order valence-corrected chi connectivity index (χ4v) is 2.73. The van der Waals surface area contributed by atoms with Gasteiger partial charge in [-0.1, -0.05) is 23.7 Å². The van der Waals surface area contributed by atoms with Crippen molar-refractivity contribution >= 4 is 23.2 Å². The minimum absolute atomic E-state index is 0.145. The summed E-state index contributed by atoms with van der Waals surface area (Å²) in [6, 6.07) is 10.4. The molecule has 1 N–H and O–H groups in total. The summed E-state index contributed by atoms with van der Waals surface area (Å²) in [7, 11) is 0. The number of nitrogens with zero attached hydrogens (tertiary/aromatic N) is 3. The van der Waals surface area contributed by atoms with Crippen LogP contribution in [-0.2, 0) is 4.79 Å². The highest BCUT2D eigenvalue weighted by Crippen LogP contribution is 2.30. The molecule has 1 aromatic carbocycles. The molecular formula is C17H15ClN4O2. The molecule has 0 aliphatic carbocycles. The van der Waals surface area contributed by atoms with Crippen LogP contribution in [0.4, 0.5) is 5.69 Å². The van der Waals surface area contributed by atoms with Crippen molar-refractivity contribution in [3.63, 3.8) is 0 Å². The zero-order valence-electron chi connectivity index (χ0n) is 12.8. The van der Waals surface area contributed by atoms with Crippen LogP contribution in [0.3, 0.4) is 0 Å². The molecular weight excluding hydrogens is 328 g/mol. The van der Waals surface area contributed by atoms with E-state index in [0.29, 0.717) is 23.7 Å². The van der Waals surface area contributed by atoms with Crippen LogP contribution in [0.25, 0.3) is 0 Å². The maximum Gasteiger partial charge on any atom is 0.240 e. The van der Waals surface area contributed by atoms with Crippen molar-refractivity contribution in [2.45, 2.75) is 6.04 Å². The first-order chi connectivity index (χ1) is 11.7. The number of aromatic nitrogens is 1. The number of amides is 1. The van der Waals surface area contributed by atoms with Crippen LogP contribution < -0.4 is 15.0 Å². The number of benzene rings is 1. The van der Waals surface area contributed by atoms with Crippen molar-refractivity contribution in [1.29, 1.82) is 5.26 Å². The second kappa shape index (κ2) is 7.20. The van der Waals surface area contributed by atoms with Crippen LogP contribution in [0.1, 0.15) is 11.6 Å². The summed E-state index contributed by atoms with van der Waals surface area (Å²) in [5, 5.41) is 12.4. The first kappa shape index (κ1) is 16.1. The molecule has 122 valence electrons. The number of nitrogens with one attached hydrogen (secondary N) is 1. The molecule has 1 aromatic heterocycles. The second-order valence-corrected chi connectivity index (χ2v) is 5.74. The first-order valence-electron chi connectivity index (χ1n) is 7.43. The number of rotatable bonds is 4. The standard InChI is InChI=1S/C17H15ClN4O2/c18-13-7-12(9-20-10-13)14(8-19)21-17(23)11-22-5-6-24-16-4-2-1-3-15(16)22/h1-4,7,9-10,14H,5-6,11H2,(H,21,23). The van der Waals surface area contributed by atoms with Crippen molar-refractivity contribution in [3.8, 4) is 11.8 Å². The van der Waals surface area contributed by atoms with Gasteiger partial charge in [-0.05, 0) is 18.2 Å². The monoisotopic (exact) mass is 342 g/mol. The minimum Gasteiger partial charge on any atom is -0.490 e. The molecule has 0 saturated heterocycles. The highest BCUT2D eigenvalue weighted by Gasteiger charge is 2.21. The van der Waals surface area contributed by atoms with Crippen LogP contribution >= 0.6 is 11.6 Å². The molecule has 2 aromatic rings. The molecule has 0 spiro atoms. The van der Waals surface area contributed by atoms with Gasteiger partial charge in [0.15, 0.2) is 0 Å². The summed E-state index contributed by atoms with van der Waals surface area (Å²) in [5.74, 6) is 0.505. The number of anilines is 1. The van der Waals surface area contributed by atoms with Crippen LogP contribution in [0.2, 0.25) is 5.02 Å². The average Bonchev–Trinajstić information content (AvgIpc) is 2.60. The van der Waals surface area contributed by atoms with E-state index in [2.05, 4.69) is 16.4 Å². The number of hydrogen-bond acceptors (Lipinski definition) is 5. The van der Waals surface area contributed by atoms with Crippen LogP contribution in [0.5, 0.6) is 5.75 Å². The van der Waals surface area contributed by atoms with Crippen molar-refractivity contribution < 1.29 is 9.53 Å². The zero-order valence-corrected chi connectivity index (χ0v) is 13.5. The predicted octanol–water partition coefficient (Wildman–Crippen LogP) is 2.31. The molecule has 0 radical (unpaired) electrons. The lowest BCUT2D eigenvalue weighted by molar-refractivity contribution is -0.120. The molecule has 0 fully saturated rings. The maximum atomic E-state index is 12.4. The summed E-state index contributed by atoms with van der Waals surface area (Å²) < 4.78 is 5.57. The number of ether oxygens (including phenoxy) is 1. The average molecular weight is 343 g/mol. The number of fused-ring (bicyclic) bond motifs is 1. The molecule has 0 saturated carbocycles. The maximum absolute atomic E-state index is 12.4. The number of nitriles is 1. The summed E-state index contributed by atoms with van der Waals surface area (Å²) in [4.78, 5) is 18.2. The molecule has 6 nitrogen and oxygen atoms in total. The SMILES string of the molecule is N#CC(NC(=O)CN1CCOc2ccccc21)c1cncc(Cl)c1. The molecule has 1 unspecified atom stereocenters. The highest BCUT2D eigenvalue weighted by molar-refractivity contribution is 6.30. The molecule has 2 heterocycles. The number of halogens is 1. The van der Waals surface area contributed by atoms with Gasteiger partial charge in [0, 0.05) is 18.0 Å². The van der Waals surface area contributed by atoms with Crippen LogP contribution in [-0.4, -0.2) is 30.6 Å². The first-order valence-corrected chi connectivity index (χ1v) is 7.81. The van der Waals surface area contributed by atoms with E-state index in [1.165, 1.54) is 12.4 Å². The topological polar surface area (TPSA) is 78.2 Å². The van der Waals surface area contributed by atoms with Gasteiger partial charge >= 0.3 is 0 Å². The molecule has 7 heteroatoms. The number of carbonyl (C=O) groups is 1. The minimum atomic E-state index is -0.792. The predicted molar refractivity (Wildman–Crippen MR) is 89.9 cm³/mol. The number of hydrogen-bond donors (Lipinski definition) is 1. The van der Waals surface area contributed by atoms with E-state index in [1.807, 2.05) is 29.2 Å². The molecule has 1 amide bonds. The quantitative estimate of drug-likeness (QED) is 0.922. The Balaban J connectivity index is 1.69. The Labute approximate surface area is 144 Å². The molecule has 3 rings (SSSR count). The normalized spacial score (nSPS) is 14.1. The third kappa shape index (κ3) is 3.58. The van der Waals surface area contributed by atoms with Crippen LogP contribution in [0.15, 0.2) is 42.7 Å². The summed E-state index contributed by atoms with van der Waals surface area (Å²) in [6.45, 7) is 1.27. The number of para-hydroxylation sites is 2. The van der Waals surface area contributed by atoms with Gasteiger partial charge in [-0.25, -0.2) is 0 Å². The van der Waals surface area contributed by atoms with Crippen molar-refractivity contribution in [2.24, 2.45) is 0 Å². The largest absolute Gasteiger partial charge is 0.490 e. The Hall–Kier alpha value is -2.78. The Bertz CT molecular complexity index is 790. The third-order valence-corrected chi connectivity index (χ3v) is 3.86. The summed E-state index contributed by atoms with van der Waals surface area (Å²) in [5.41, 5.74) is 1.43. The second-order valence-electron chi connectivity index (χ2n) is 5.30. The lowest BCUT2D eigenvalue weighted by Gasteiger charge is -2.30. The third-order valence-electron chi connectivity index (χ3n) is 3.65. The van der Waals surface area contributed by atoms with Gasteiger partial charge in [0.05, 0.1) is 29.9 Å². The molecule has 1 atom stereocenters. The molecule has 1 aliphatic heterocycles. The Morgan fingerprint density at radius 1 is 1.46 bits per heavy atom. The number of carbonyl (C=O) groups excluding carboxylic acids is 1. The smallest absolute Gasteiger partial charge is 0.240 e. The highest BCUT2D eigenvalue weighted by atomic mass is 35.5. The van der Waals surface area contributed by atoms with E-state index in [1.54, 1.807) is 6.07 Å². The Kier molecular flexibility index (Phi) is 4.82. The van der Waals surface area contributed by atoms with Gasteiger partial charge < -0.3 is 15.0 Å². The van der Waals surface area contributed by atoms with Crippen LogP contribution in [0, 0.1) is 11.3 Å². The molecule has 24 heavy (non-hydrogen) atoms. The molecule has 1 aliphatic rings. The van der Waals surface area contributed by atoms with Gasteiger partial charge in [-0.3, -0.25) is 9.78 Å². The van der Waals surface area contributed by atoms with Crippen molar-refractivity contribution in [1.82, 2.24) is 10.3 Å². The van der Waals surface area contributed by atoms with E-state index in [0.717, 1.165) is 11.4 Å². The van der Waals surface area contributed by atoms with Gasteiger partial charge in [-0.15, -0.1) is 0 Å². The summed E-state index contributed by atoms with van der Waals surface area (Å²) in [6.07, 6.45) is 3.00. The van der Waals surface area contributed by atoms with E-state index in [4.69, 9.17) is 16.3 Å². The number of pyridine rings is 1. The van der Waals surface area contributed by atoms with E-state index in [9.17, 15) is 10.1 Å². The fraction of sp³-hybridized carbons (Fsp3) is 0.235. The van der Waals surface area contributed by atoms with Gasteiger partial charge in [0.1, 0.15) is 18.4 Å². The lowest BCUT2D eigenvalue weighted by atomic mass is 10.1. The Morgan fingerprint density at radius 3 is 3.08 bits per heavy atom. The van der Waals surface area contributed by atoms with E-state index >= 15 is 0 Å². The van der Waals surface area contributed by atoms with Gasteiger partial charge in [0.2, 0.25) is 5.91 Å².